The third-order valence-corrected chi connectivity index (χ3v) is 2.61. The van der Waals surface area contributed by atoms with E-state index in [4.69, 9.17) is 5.73 Å². The largest absolute Gasteiger partial charge is 0.330 e. The van der Waals surface area contributed by atoms with Gasteiger partial charge in [0.1, 0.15) is 0 Å². The number of hydrogen-bond acceptors (Lipinski definition) is 2. The van der Waals surface area contributed by atoms with Crippen LogP contribution in [-0.4, -0.2) is 19.0 Å². The molecule has 1 aromatic rings. The van der Waals surface area contributed by atoms with Crippen molar-refractivity contribution in [2.24, 2.45) is 11.7 Å². The number of nitrogens with zero attached hydrogens (tertiary/aromatic N) is 1. The zero-order valence-corrected chi connectivity index (χ0v) is 8.02. The van der Waals surface area contributed by atoms with Crippen LogP contribution in [0.2, 0.25) is 0 Å². The molecule has 3 heteroatoms. The highest BCUT2D eigenvalue weighted by atomic mass is 16.2. The molecule has 3 nitrogen and oxygen atoms in total. The first-order valence-electron chi connectivity index (χ1n) is 4.86. The Balaban J connectivity index is 2.17. The van der Waals surface area contributed by atoms with Gasteiger partial charge in [-0.25, -0.2) is 0 Å². The van der Waals surface area contributed by atoms with E-state index < -0.39 is 0 Å². The molecule has 0 bridgehead atoms. The van der Waals surface area contributed by atoms with Crippen LogP contribution < -0.4 is 10.6 Å². The van der Waals surface area contributed by atoms with Gasteiger partial charge in [-0.2, -0.15) is 0 Å². The molecular weight excluding hydrogens is 176 g/mol. The summed E-state index contributed by atoms with van der Waals surface area (Å²) in [6.45, 7) is 1.36. The molecule has 14 heavy (non-hydrogen) atoms. The van der Waals surface area contributed by atoms with Gasteiger partial charge in [0.05, 0.1) is 0 Å². The van der Waals surface area contributed by atoms with E-state index in [1.54, 1.807) is 0 Å². The standard InChI is InChI=1S/C11H14N2O/c12-7-9-6-11(14)13(8-9)10-4-2-1-3-5-10/h1-5,9H,6-8,12H2. The van der Waals surface area contributed by atoms with Gasteiger partial charge in [-0.15, -0.1) is 0 Å². The van der Waals surface area contributed by atoms with Crippen LogP contribution in [-0.2, 0) is 4.79 Å². The fourth-order valence-corrected chi connectivity index (χ4v) is 1.80. The van der Waals surface area contributed by atoms with E-state index in [1.807, 2.05) is 35.2 Å². The van der Waals surface area contributed by atoms with Crippen molar-refractivity contribution < 1.29 is 4.79 Å². The number of hydrogen-bond donors (Lipinski definition) is 1. The van der Waals surface area contributed by atoms with Crippen molar-refractivity contribution in [3.63, 3.8) is 0 Å². The average molecular weight is 190 g/mol. The highest BCUT2D eigenvalue weighted by Crippen LogP contribution is 2.23. The molecule has 1 aromatic carbocycles. The van der Waals surface area contributed by atoms with Crippen molar-refractivity contribution in [3.05, 3.63) is 30.3 Å². The van der Waals surface area contributed by atoms with Gasteiger partial charge in [0.2, 0.25) is 5.91 Å². The maximum absolute atomic E-state index is 11.6. The maximum atomic E-state index is 11.6. The number of amides is 1. The lowest BCUT2D eigenvalue weighted by atomic mass is 10.1. The van der Waals surface area contributed by atoms with Gasteiger partial charge in [0.15, 0.2) is 0 Å². The molecule has 1 atom stereocenters. The second-order valence-electron chi connectivity index (χ2n) is 3.65. The van der Waals surface area contributed by atoms with E-state index in [-0.39, 0.29) is 5.91 Å². The minimum Gasteiger partial charge on any atom is -0.330 e. The van der Waals surface area contributed by atoms with E-state index in [2.05, 4.69) is 0 Å². The predicted octanol–water partition coefficient (Wildman–Crippen LogP) is 0.998. The van der Waals surface area contributed by atoms with Gasteiger partial charge in [-0.3, -0.25) is 4.79 Å². The summed E-state index contributed by atoms with van der Waals surface area (Å²) >= 11 is 0. The van der Waals surface area contributed by atoms with Crippen molar-refractivity contribution in [1.82, 2.24) is 0 Å². The van der Waals surface area contributed by atoms with Crippen LogP contribution in [0.1, 0.15) is 6.42 Å². The van der Waals surface area contributed by atoms with Crippen molar-refractivity contribution in [1.29, 1.82) is 0 Å². The third-order valence-electron chi connectivity index (χ3n) is 2.61. The van der Waals surface area contributed by atoms with E-state index >= 15 is 0 Å². The number of benzene rings is 1. The first-order valence-corrected chi connectivity index (χ1v) is 4.86. The van der Waals surface area contributed by atoms with Crippen LogP contribution >= 0.6 is 0 Å². The topological polar surface area (TPSA) is 46.3 Å². The molecule has 1 amide bonds. The molecular formula is C11H14N2O. The molecule has 1 unspecified atom stereocenters. The fraction of sp³-hybridized carbons (Fsp3) is 0.364. The SMILES string of the molecule is NCC1CC(=O)N(c2ccccc2)C1. The molecule has 74 valence electrons. The van der Waals surface area contributed by atoms with Gasteiger partial charge < -0.3 is 10.6 Å². The fourth-order valence-electron chi connectivity index (χ4n) is 1.80. The van der Waals surface area contributed by atoms with Crippen LogP contribution in [0.4, 0.5) is 5.69 Å². The Morgan fingerprint density at radius 2 is 2.07 bits per heavy atom. The summed E-state index contributed by atoms with van der Waals surface area (Å²) in [6, 6.07) is 9.74. The van der Waals surface area contributed by atoms with Gasteiger partial charge in [0, 0.05) is 18.7 Å². The average Bonchev–Trinajstić information content (AvgIpc) is 2.61. The molecule has 0 aromatic heterocycles. The van der Waals surface area contributed by atoms with Crippen molar-refractivity contribution in [2.75, 3.05) is 18.0 Å². The Bertz CT molecular complexity index is 323. The smallest absolute Gasteiger partial charge is 0.227 e. The molecule has 2 N–H and O–H groups in total. The number of nitrogens with two attached hydrogens (primary N) is 1. The van der Waals surface area contributed by atoms with Crippen LogP contribution in [0, 0.1) is 5.92 Å². The molecule has 0 radical (unpaired) electrons. The van der Waals surface area contributed by atoms with E-state index in [9.17, 15) is 4.79 Å². The summed E-state index contributed by atoms with van der Waals surface area (Å²) in [5.41, 5.74) is 6.54. The summed E-state index contributed by atoms with van der Waals surface area (Å²) in [7, 11) is 0. The van der Waals surface area contributed by atoms with E-state index in [0.29, 0.717) is 18.9 Å². The van der Waals surface area contributed by atoms with Gasteiger partial charge >= 0.3 is 0 Å². The summed E-state index contributed by atoms with van der Waals surface area (Å²) in [4.78, 5) is 13.4. The Morgan fingerprint density at radius 1 is 1.36 bits per heavy atom. The monoisotopic (exact) mass is 190 g/mol. The number of rotatable bonds is 2. The Kier molecular flexibility index (Phi) is 2.50. The lowest BCUT2D eigenvalue weighted by Crippen LogP contribution is -2.25. The lowest BCUT2D eigenvalue weighted by Gasteiger charge is -2.15. The zero-order chi connectivity index (χ0) is 9.97. The molecule has 1 aliphatic rings. The minimum atomic E-state index is 0.187. The highest BCUT2D eigenvalue weighted by molar-refractivity contribution is 5.95. The molecule has 1 aliphatic heterocycles. The number of carbonyl (C=O) groups is 1. The number of para-hydroxylation sites is 1. The maximum Gasteiger partial charge on any atom is 0.227 e. The predicted molar refractivity (Wildman–Crippen MR) is 56.0 cm³/mol. The second-order valence-corrected chi connectivity index (χ2v) is 3.65. The third kappa shape index (κ3) is 1.63. The molecule has 2 rings (SSSR count). The minimum absolute atomic E-state index is 0.187. The Labute approximate surface area is 83.5 Å². The summed E-state index contributed by atoms with van der Waals surface area (Å²) in [6.07, 6.45) is 0.589. The quantitative estimate of drug-likeness (QED) is 0.756. The zero-order valence-electron chi connectivity index (χ0n) is 8.02. The van der Waals surface area contributed by atoms with Crippen molar-refractivity contribution >= 4 is 11.6 Å². The molecule has 1 fully saturated rings. The van der Waals surface area contributed by atoms with Crippen molar-refractivity contribution in [3.8, 4) is 0 Å². The van der Waals surface area contributed by atoms with E-state index in [1.165, 1.54) is 0 Å². The molecule has 1 heterocycles. The van der Waals surface area contributed by atoms with Crippen LogP contribution in [0.25, 0.3) is 0 Å². The first-order chi connectivity index (χ1) is 6.81. The van der Waals surface area contributed by atoms with Crippen LogP contribution in [0.3, 0.4) is 0 Å². The molecule has 0 spiro atoms. The van der Waals surface area contributed by atoms with Gasteiger partial charge in [0.25, 0.3) is 0 Å². The first kappa shape index (κ1) is 9.21. The van der Waals surface area contributed by atoms with Crippen LogP contribution in [0.15, 0.2) is 30.3 Å². The Hall–Kier alpha value is -1.35. The van der Waals surface area contributed by atoms with Crippen LogP contribution in [0.5, 0.6) is 0 Å². The Morgan fingerprint density at radius 3 is 2.64 bits per heavy atom. The highest BCUT2D eigenvalue weighted by Gasteiger charge is 2.29. The van der Waals surface area contributed by atoms with E-state index in [0.717, 1.165) is 12.2 Å². The number of anilines is 1. The van der Waals surface area contributed by atoms with Gasteiger partial charge in [-0.05, 0) is 24.6 Å². The normalized spacial score (nSPS) is 21.6. The summed E-state index contributed by atoms with van der Waals surface area (Å²) < 4.78 is 0. The molecule has 0 aliphatic carbocycles. The molecule has 0 saturated carbocycles. The summed E-state index contributed by atoms with van der Waals surface area (Å²) in [5.74, 6) is 0.509. The van der Waals surface area contributed by atoms with Crippen molar-refractivity contribution in [2.45, 2.75) is 6.42 Å². The lowest BCUT2D eigenvalue weighted by molar-refractivity contribution is -0.117. The molecule has 1 saturated heterocycles. The summed E-state index contributed by atoms with van der Waals surface area (Å²) in [5, 5.41) is 0. The van der Waals surface area contributed by atoms with Gasteiger partial charge in [-0.1, -0.05) is 18.2 Å². The number of carbonyl (C=O) groups excluding carboxylic acids is 1. The second kappa shape index (κ2) is 3.80.